The molecule has 3 unspecified atom stereocenters. The van der Waals surface area contributed by atoms with Crippen LogP contribution in [-0.2, 0) is 30.1 Å². The highest BCUT2D eigenvalue weighted by atomic mass is 16.7. The highest BCUT2D eigenvalue weighted by molar-refractivity contribution is 5.28. The Kier molecular flexibility index (Phi) is 10.7. The topological polar surface area (TPSA) is 55.4 Å². The first kappa shape index (κ1) is 23.2. The second-order valence-electron chi connectivity index (χ2n) is 7.76. The van der Waals surface area contributed by atoms with Gasteiger partial charge in [-0.3, -0.25) is 0 Å². The Morgan fingerprint density at radius 1 is 1.00 bits per heavy atom. The molecule has 0 amide bonds. The lowest BCUT2D eigenvalue weighted by Gasteiger charge is -2.35. The van der Waals surface area contributed by atoms with E-state index in [4.69, 9.17) is 28.4 Å². The molecule has 6 nitrogen and oxygen atoms in total. The Labute approximate surface area is 180 Å². The minimum Gasteiger partial charge on any atom is -0.468 e. The molecule has 3 rings (SSSR count). The first-order valence-corrected chi connectivity index (χ1v) is 11.1. The third-order valence-electron chi connectivity index (χ3n) is 5.41. The molecular weight excluding hydrogens is 384 g/mol. The van der Waals surface area contributed by atoms with Crippen LogP contribution in [-0.4, -0.2) is 65.2 Å². The van der Waals surface area contributed by atoms with E-state index in [2.05, 4.69) is 24.3 Å². The van der Waals surface area contributed by atoms with Crippen LogP contribution in [0.3, 0.4) is 0 Å². The molecule has 0 bridgehead atoms. The molecule has 168 valence electrons. The van der Waals surface area contributed by atoms with Crippen LogP contribution in [0, 0.1) is 0 Å². The van der Waals surface area contributed by atoms with Crippen LogP contribution >= 0.6 is 0 Å². The second kappa shape index (κ2) is 13.8. The Hall–Kier alpha value is -1.44. The third-order valence-corrected chi connectivity index (χ3v) is 5.41. The minimum atomic E-state index is 0.113. The fourth-order valence-corrected chi connectivity index (χ4v) is 3.87. The summed E-state index contributed by atoms with van der Waals surface area (Å²) in [6.07, 6.45) is 11.0. The monoisotopic (exact) mass is 420 g/mol. The first-order valence-electron chi connectivity index (χ1n) is 11.1. The van der Waals surface area contributed by atoms with Crippen molar-refractivity contribution >= 4 is 0 Å². The van der Waals surface area contributed by atoms with E-state index >= 15 is 0 Å². The molecule has 0 aliphatic carbocycles. The van der Waals surface area contributed by atoms with Gasteiger partial charge in [-0.1, -0.05) is 24.3 Å². The van der Waals surface area contributed by atoms with Gasteiger partial charge in [0.25, 0.3) is 0 Å². The van der Waals surface area contributed by atoms with Crippen LogP contribution in [0.5, 0.6) is 5.75 Å². The normalized spacial score (nSPS) is 24.9. The molecule has 2 aliphatic rings. The average molecular weight is 421 g/mol. The Balaban J connectivity index is 1.31. The van der Waals surface area contributed by atoms with E-state index in [1.54, 1.807) is 7.11 Å². The maximum absolute atomic E-state index is 5.99. The maximum Gasteiger partial charge on any atom is 0.188 e. The number of allylic oxidation sites excluding steroid dienone is 2. The van der Waals surface area contributed by atoms with E-state index < -0.39 is 0 Å². The standard InChI is InChI=1S/C24H36O6/c1-25-19-30-21-10-7-9-20(16-21)8-5-3-2-4-6-11-23-24(29-15-14-28-23)17-22-18-26-12-13-27-22/h2-3,7,9-10,16,22-24H,4-6,8,11-15,17-19H2,1H3. The summed E-state index contributed by atoms with van der Waals surface area (Å²) in [5, 5.41) is 0. The Morgan fingerprint density at radius 2 is 1.83 bits per heavy atom. The number of hydrogen-bond acceptors (Lipinski definition) is 6. The van der Waals surface area contributed by atoms with Gasteiger partial charge in [0.2, 0.25) is 0 Å². The predicted octanol–water partition coefficient (Wildman–Crippen LogP) is 3.92. The molecule has 1 aromatic carbocycles. The van der Waals surface area contributed by atoms with Gasteiger partial charge in [-0.25, -0.2) is 0 Å². The summed E-state index contributed by atoms with van der Waals surface area (Å²) in [4.78, 5) is 0. The number of unbranched alkanes of at least 4 members (excludes halogenated alkanes) is 1. The zero-order valence-corrected chi connectivity index (χ0v) is 18.1. The summed E-state index contributed by atoms with van der Waals surface area (Å²) >= 11 is 0. The number of methoxy groups -OCH3 is 1. The van der Waals surface area contributed by atoms with Crippen molar-refractivity contribution in [3.8, 4) is 5.75 Å². The molecule has 0 N–H and O–H groups in total. The lowest BCUT2D eigenvalue weighted by molar-refractivity contribution is -0.169. The van der Waals surface area contributed by atoms with Crippen molar-refractivity contribution in [2.45, 2.75) is 56.8 Å². The molecule has 2 aliphatic heterocycles. The van der Waals surface area contributed by atoms with Gasteiger partial charge in [-0.2, -0.15) is 0 Å². The Morgan fingerprint density at radius 3 is 2.67 bits per heavy atom. The van der Waals surface area contributed by atoms with Crippen molar-refractivity contribution in [1.82, 2.24) is 0 Å². The summed E-state index contributed by atoms with van der Waals surface area (Å²) in [5.41, 5.74) is 1.28. The number of hydrogen-bond donors (Lipinski definition) is 0. The van der Waals surface area contributed by atoms with Crippen molar-refractivity contribution in [3.63, 3.8) is 0 Å². The maximum atomic E-state index is 5.99. The largest absolute Gasteiger partial charge is 0.468 e. The molecule has 2 heterocycles. The minimum absolute atomic E-state index is 0.113. The molecule has 0 aromatic heterocycles. The van der Waals surface area contributed by atoms with E-state index in [0.29, 0.717) is 33.0 Å². The molecule has 0 radical (unpaired) electrons. The van der Waals surface area contributed by atoms with Gasteiger partial charge in [-0.15, -0.1) is 0 Å². The molecule has 2 saturated heterocycles. The molecule has 2 fully saturated rings. The smallest absolute Gasteiger partial charge is 0.188 e. The molecule has 6 heteroatoms. The van der Waals surface area contributed by atoms with Gasteiger partial charge in [0, 0.05) is 13.5 Å². The van der Waals surface area contributed by atoms with Gasteiger partial charge < -0.3 is 28.4 Å². The van der Waals surface area contributed by atoms with Gasteiger partial charge in [0.05, 0.1) is 51.3 Å². The lowest BCUT2D eigenvalue weighted by atomic mass is 10.00. The molecule has 3 atom stereocenters. The molecule has 1 aromatic rings. The number of benzene rings is 1. The fourth-order valence-electron chi connectivity index (χ4n) is 3.87. The number of ether oxygens (including phenoxy) is 6. The summed E-state index contributed by atoms with van der Waals surface area (Å²) in [7, 11) is 1.63. The van der Waals surface area contributed by atoms with Crippen molar-refractivity contribution in [1.29, 1.82) is 0 Å². The van der Waals surface area contributed by atoms with Crippen molar-refractivity contribution in [2.24, 2.45) is 0 Å². The summed E-state index contributed by atoms with van der Waals surface area (Å²) in [6, 6.07) is 8.19. The predicted molar refractivity (Wildman–Crippen MR) is 115 cm³/mol. The molecule has 0 saturated carbocycles. The lowest BCUT2D eigenvalue weighted by Crippen LogP contribution is -2.43. The van der Waals surface area contributed by atoms with Crippen LogP contribution in [0.4, 0.5) is 0 Å². The molecule has 0 spiro atoms. The Bertz CT molecular complexity index is 613. The van der Waals surface area contributed by atoms with Gasteiger partial charge in [-0.05, 0) is 49.8 Å². The third kappa shape index (κ3) is 8.36. The van der Waals surface area contributed by atoms with Crippen LogP contribution in [0.25, 0.3) is 0 Å². The number of rotatable bonds is 12. The van der Waals surface area contributed by atoms with E-state index in [9.17, 15) is 0 Å². The molecular formula is C24H36O6. The highest BCUT2D eigenvalue weighted by Gasteiger charge is 2.30. The summed E-state index contributed by atoms with van der Waals surface area (Å²) < 4.78 is 33.7. The van der Waals surface area contributed by atoms with Crippen molar-refractivity contribution < 1.29 is 28.4 Å². The SMILES string of the molecule is COCOc1cccc(CCC=CCCCC2OCCOC2CC2COCCO2)c1. The second-order valence-corrected chi connectivity index (χ2v) is 7.76. The van der Waals surface area contributed by atoms with Gasteiger partial charge >= 0.3 is 0 Å². The summed E-state index contributed by atoms with van der Waals surface area (Å²) in [6.45, 7) is 3.68. The zero-order chi connectivity index (χ0) is 20.9. The number of aryl methyl sites for hydroxylation is 1. The molecule has 30 heavy (non-hydrogen) atoms. The zero-order valence-electron chi connectivity index (χ0n) is 18.1. The van der Waals surface area contributed by atoms with Crippen LogP contribution in [0.2, 0.25) is 0 Å². The van der Waals surface area contributed by atoms with Crippen molar-refractivity contribution in [3.05, 3.63) is 42.0 Å². The van der Waals surface area contributed by atoms with Gasteiger partial charge in [0.1, 0.15) is 5.75 Å². The highest BCUT2D eigenvalue weighted by Crippen LogP contribution is 2.22. The van der Waals surface area contributed by atoms with Crippen LogP contribution in [0.15, 0.2) is 36.4 Å². The van der Waals surface area contributed by atoms with E-state index in [-0.39, 0.29) is 25.1 Å². The van der Waals surface area contributed by atoms with E-state index in [1.807, 2.05) is 12.1 Å². The van der Waals surface area contributed by atoms with Gasteiger partial charge in [0.15, 0.2) is 6.79 Å². The van der Waals surface area contributed by atoms with E-state index in [1.165, 1.54) is 5.56 Å². The summed E-state index contributed by atoms with van der Waals surface area (Å²) in [5.74, 6) is 0.854. The van der Waals surface area contributed by atoms with Crippen molar-refractivity contribution in [2.75, 3.05) is 46.9 Å². The quantitative estimate of drug-likeness (QED) is 0.290. The van der Waals surface area contributed by atoms with E-state index in [0.717, 1.165) is 44.3 Å². The fraction of sp³-hybridized carbons (Fsp3) is 0.667. The average Bonchev–Trinajstić information content (AvgIpc) is 2.79. The van der Waals surface area contributed by atoms with Crippen LogP contribution in [0.1, 0.15) is 37.7 Å². The first-order chi connectivity index (χ1) is 14.8. The van der Waals surface area contributed by atoms with Crippen LogP contribution < -0.4 is 4.74 Å².